The third kappa shape index (κ3) is 6.50. The Labute approximate surface area is 93.5 Å². The van der Waals surface area contributed by atoms with E-state index in [2.05, 4.69) is 25.7 Å². The number of hydrogen-bond acceptors (Lipinski definition) is 2. The van der Waals surface area contributed by atoms with E-state index in [1.54, 1.807) is 0 Å². The lowest BCUT2D eigenvalue weighted by atomic mass is 9.93. The first-order valence-electron chi connectivity index (χ1n) is 5.55. The highest BCUT2D eigenvalue weighted by atomic mass is 16.4. The van der Waals surface area contributed by atoms with Crippen molar-refractivity contribution in [3.63, 3.8) is 0 Å². The standard InChI is InChI=1S/C12H25NO2/c1-9(2)10(11(14)15)7-13(6)8-12(3,4)5/h9-10H,7-8H2,1-6H3,(H,14,15). The molecule has 0 aromatic heterocycles. The van der Waals surface area contributed by atoms with Crippen LogP contribution in [0.3, 0.4) is 0 Å². The van der Waals surface area contributed by atoms with Crippen molar-refractivity contribution in [3.8, 4) is 0 Å². The first-order chi connectivity index (χ1) is 6.63. The maximum atomic E-state index is 11.0. The summed E-state index contributed by atoms with van der Waals surface area (Å²) in [6, 6.07) is 0. The van der Waals surface area contributed by atoms with Gasteiger partial charge in [0.15, 0.2) is 0 Å². The van der Waals surface area contributed by atoms with Crippen LogP contribution in [0, 0.1) is 17.3 Å². The molecule has 0 saturated carbocycles. The summed E-state index contributed by atoms with van der Waals surface area (Å²) in [6.45, 7) is 12.0. The molecule has 90 valence electrons. The fraction of sp³-hybridized carbons (Fsp3) is 0.917. The Bertz CT molecular complexity index is 206. The molecule has 0 heterocycles. The highest BCUT2D eigenvalue weighted by molar-refractivity contribution is 5.70. The van der Waals surface area contributed by atoms with E-state index in [1.807, 2.05) is 20.9 Å². The predicted octanol–water partition coefficient (Wildman–Crippen LogP) is 2.32. The Balaban J connectivity index is 4.24. The van der Waals surface area contributed by atoms with Gasteiger partial charge in [0, 0.05) is 13.1 Å². The number of aliphatic carboxylic acids is 1. The lowest BCUT2D eigenvalue weighted by Crippen LogP contribution is -2.37. The summed E-state index contributed by atoms with van der Waals surface area (Å²) in [5, 5.41) is 9.06. The van der Waals surface area contributed by atoms with Gasteiger partial charge in [-0.1, -0.05) is 34.6 Å². The van der Waals surface area contributed by atoms with Crippen LogP contribution in [0.15, 0.2) is 0 Å². The van der Waals surface area contributed by atoms with Gasteiger partial charge in [0.2, 0.25) is 0 Å². The summed E-state index contributed by atoms with van der Waals surface area (Å²) < 4.78 is 0. The van der Waals surface area contributed by atoms with Crippen molar-refractivity contribution < 1.29 is 9.90 Å². The zero-order chi connectivity index (χ0) is 12.2. The first-order valence-corrected chi connectivity index (χ1v) is 5.55. The number of rotatable bonds is 5. The molecule has 0 radical (unpaired) electrons. The average Bonchev–Trinajstić information content (AvgIpc) is 1.95. The molecular formula is C12H25NO2. The van der Waals surface area contributed by atoms with E-state index in [9.17, 15) is 4.79 Å². The minimum Gasteiger partial charge on any atom is -0.481 e. The lowest BCUT2D eigenvalue weighted by molar-refractivity contribution is -0.144. The zero-order valence-corrected chi connectivity index (χ0v) is 10.9. The van der Waals surface area contributed by atoms with Gasteiger partial charge < -0.3 is 10.0 Å². The summed E-state index contributed by atoms with van der Waals surface area (Å²) in [4.78, 5) is 13.1. The van der Waals surface area contributed by atoms with Crippen LogP contribution in [-0.4, -0.2) is 36.1 Å². The maximum absolute atomic E-state index is 11.0. The van der Waals surface area contributed by atoms with Crippen molar-refractivity contribution in [3.05, 3.63) is 0 Å². The summed E-state index contributed by atoms with van der Waals surface area (Å²) in [5.74, 6) is -0.770. The van der Waals surface area contributed by atoms with Gasteiger partial charge in [0.25, 0.3) is 0 Å². The van der Waals surface area contributed by atoms with Crippen LogP contribution < -0.4 is 0 Å². The molecule has 0 aliphatic rings. The monoisotopic (exact) mass is 215 g/mol. The summed E-state index contributed by atoms with van der Waals surface area (Å²) in [7, 11) is 1.99. The van der Waals surface area contributed by atoms with E-state index in [0.717, 1.165) is 6.54 Å². The quantitative estimate of drug-likeness (QED) is 0.765. The van der Waals surface area contributed by atoms with Crippen LogP contribution in [0.4, 0.5) is 0 Å². The molecule has 0 saturated heterocycles. The number of carbonyl (C=O) groups is 1. The number of carboxylic acids is 1. The van der Waals surface area contributed by atoms with Gasteiger partial charge in [-0.25, -0.2) is 0 Å². The molecule has 1 atom stereocenters. The van der Waals surface area contributed by atoms with Crippen molar-refractivity contribution in [2.24, 2.45) is 17.3 Å². The van der Waals surface area contributed by atoms with Crippen LogP contribution in [0.1, 0.15) is 34.6 Å². The Morgan fingerprint density at radius 1 is 1.33 bits per heavy atom. The highest BCUT2D eigenvalue weighted by Crippen LogP contribution is 2.17. The van der Waals surface area contributed by atoms with Crippen molar-refractivity contribution >= 4 is 5.97 Å². The minimum atomic E-state index is -0.689. The molecule has 0 aromatic rings. The van der Waals surface area contributed by atoms with E-state index in [0.29, 0.717) is 6.54 Å². The topological polar surface area (TPSA) is 40.5 Å². The molecule has 1 N–H and O–H groups in total. The number of carboxylic acid groups (broad SMARTS) is 1. The van der Waals surface area contributed by atoms with E-state index in [4.69, 9.17) is 5.11 Å². The molecule has 0 fully saturated rings. The third-order valence-corrected chi connectivity index (χ3v) is 2.37. The van der Waals surface area contributed by atoms with Crippen molar-refractivity contribution in [2.45, 2.75) is 34.6 Å². The molecule has 0 spiro atoms. The van der Waals surface area contributed by atoms with Crippen molar-refractivity contribution in [1.29, 1.82) is 0 Å². The highest BCUT2D eigenvalue weighted by Gasteiger charge is 2.24. The summed E-state index contributed by atoms with van der Waals surface area (Å²) in [5.41, 5.74) is 0.217. The van der Waals surface area contributed by atoms with Crippen molar-refractivity contribution in [1.82, 2.24) is 4.90 Å². The fourth-order valence-corrected chi connectivity index (χ4v) is 1.78. The van der Waals surface area contributed by atoms with Gasteiger partial charge in [0.1, 0.15) is 0 Å². The molecule has 1 unspecified atom stereocenters. The molecule has 3 nitrogen and oxygen atoms in total. The van der Waals surface area contributed by atoms with Gasteiger partial charge in [-0.2, -0.15) is 0 Å². The average molecular weight is 215 g/mol. The molecular weight excluding hydrogens is 190 g/mol. The van der Waals surface area contributed by atoms with Gasteiger partial charge in [0.05, 0.1) is 5.92 Å². The SMILES string of the molecule is CC(C)C(CN(C)CC(C)(C)C)C(=O)O. The zero-order valence-electron chi connectivity index (χ0n) is 10.9. The van der Waals surface area contributed by atoms with Crippen LogP contribution in [0.5, 0.6) is 0 Å². The summed E-state index contributed by atoms with van der Waals surface area (Å²) in [6.07, 6.45) is 0. The second-order valence-electron chi connectivity index (χ2n) is 5.95. The van der Waals surface area contributed by atoms with Crippen LogP contribution in [0.2, 0.25) is 0 Å². The molecule has 0 aromatic carbocycles. The van der Waals surface area contributed by atoms with Crippen molar-refractivity contribution in [2.75, 3.05) is 20.1 Å². The predicted molar refractivity (Wildman–Crippen MR) is 62.9 cm³/mol. The summed E-state index contributed by atoms with van der Waals surface area (Å²) >= 11 is 0. The van der Waals surface area contributed by atoms with Crippen LogP contribution in [0.25, 0.3) is 0 Å². The second kappa shape index (κ2) is 5.50. The fourth-order valence-electron chi connectivity index (χ4n) is 1.78. The lowest BCUT2D eigenvalue weighted by Gasteiger charge is -2.29. The van der Waals surface area contributed by atoms with E-state index in [1.165, 1.54) is 0 Å². The van der Waals surface area contributed by atoms with E-state index in [-0.39, 0.29) is 17.3 Å². The second-order valence-corrected chi connectivity index (χ2v) is 5.95. The molecule has 0 aliphatic carbocycles. The van der Waals surface area contributed by atoms with E-state index < -0.39 is 5.97 Å². The molecule has 3 heteroatoms. The first kappa shape index (κ1) is 14.4. The Morgan fingerprint density at radius 3 is 2.07 bits per heavy atom. The van der Waals surface area contributed by atoms with Gasteiger partial charge in [-0.15, -0.1) is 0 Å². The van der Waals surface area contributed by atoms with Crippen LogP contribution in [-0.2, 0) is 4.79 Å². The minimum absolute atomic E-state index is 0.185. The van der Waals surface area contributed by atoms with Gasteiger partial charge in [-0.3, -0.25) is 4.79 Å². The van der Waals surface area contributed by atoms with E-state index >= 15 is 0 Å². The third-order valence-electron chi connectivity index (χ3n) is 2.37. The van der Waals surface area contributed by atoms with Gasteiger partial charge >= 0.3 is 5.97 Å². The Kier molecular flexibility index (Phi) is 5.29. The normalized spacial score (nSPS) is 14.7. The Morgan fingerprint density at radius 2 is 1.80 bits per heavy atom. The molecule has 0 bridgehead atoms. The van der Waals surface area contributed by atoms with Crippen LogP contribution >= 0.6 is 0 Å². The largest absolute Gasteiger partial charge is 0.481 e. The molecule has 0 aliphatic heterocycles. The Hall–Kier alpha value is -0.570. The molecule has 0 rings (SSSR count). The number of nitrogens with zero attached hydrogens (tertiary/aromatic N) is 1. The maximum Gasteiger partial charge on any atom is 0.308 e. The molecule has 15 heavy (non-hydrogen) atoms. The molecule has 0 amide bonds. The smallest absolute Gasteiger partial charge is 0.308 e. The van der Waals surface area contributed by atoms with Gasteiger partial charge in [-0.05, 0) is 18.4 Å². The number of hydrogen-bond donors (Lipinski definition) is 1.